The highest BCUT2D eigenvalue weighted by molar-refractivity contribution is 5.81. The number of rotatable bonds is 9. The zero-order valence-electron chi connectivity index (χ0n) is 21.2. The van der Waals surface area contributed by atoms with Crippen molar-refractivity contribution in [1.29, 1.82) is 0 Å². The first-order chi connectivity index (χ1) is 15.8. The molecule has 0 spiro atoms. The Bertz CT molecular complexity index is 797. The van der Waals surface area contributed by atoms with Crippen LogP contribution in [0.25, 0.3) is 0 Å². The number of carbonyl (C=O) groups is 2. The van der Waals surface area contributed by atoms with Gasteiger partial charge in [-0.2, -0.15) is 0 Å². The number of carbonyl (C=O) groups excluding carboxylic acids is 2. The van der Waals surface area contributed by atoms with E-state index in [2.05, 4.69) is 4.98 Å². The predicted molar refractivity (Wildman–Crippen MR) is 125 cm³/mol. The molecule has 1 fully saturated rings. The summed E-state index contributed by atoms with van der Waals surface area (Å²) < 4.78 is 30.7. The van der Waals surface area contributed by atoms with Crippen LogP contribution in [0, 0.1) is 0 Å². The van der Waals surface area contributed by atoms with Gasteiger partial charge in [0, 0.05) is 45.0 Å². The molecule has 1 N–H and O–H groups in total. The van der Waals surface area contributed by atoms with E-state index in [4.69, 9.17) is 14.2 Å². The van der Waals surface area contributed by atoms with Gasteiger partial charge in [0.1, 0.15) is 23.4 Å². The van der Waals surface area contributed by atoms with Gasteiger partial charge in [-0.15, -0.1) is 0 Å². The summed E-state index contributed by atoms with van der Waals surface area (Å²) in [6, 6.07) is 2.64. The summed E-state index contributed by atoms with van der Waals surface area (Å²) >= 11 is 0. The first-order valence-corrected chi connectivity index (χ1v) is 11.8. The van der Waals surface area contributed by atoms with Gasteiger partial charge in [-0.1, -0.05) is 6.07 Å². The van der Waals surface area contributed by atoms with Crippen LogP contribution >= 0.6 is 0 Å². The van der Waals surface area contributed by atoms with Gasteiger partial charge in [0.2, 0.25) is 0 Å². The topological polar surface area (TPSA) is 98.2 Å². The highest BCUT2D eigenvalue weighted by atomic mass is 19.1. The zero-order chi connectivity index (χ0) is 25.5. The van der Waals surface area contributed by atoms with Crippen LogP contribution in [0.15, 0.2) is 18.3 Å². The summed E-state index contributed by atoms with van der Waals surface area (Å²) in [5.74, 6) is -0.396. The third-order valence-corrected chi connectivity index (χ3v) is 5.56. The Labute approximate surface area is 201 Å². The Morgan fingerprint density at radius 3 is 2.38 bits per heavy atom. The molecule has 34 heavy (non-hydrogen) atoms. The molecule has 9 heteroatoms. The fraction of sp³-hybridized carbons (Fsp3) is 0.720. The fourth-order valence-corrected chi connectivity index (χ4v) is 3.75. The normalized spacial score (nSPS) is 17.1. The number of nitrogens with zero attached hydrogens (tertiary/aromatic N) is 2. The largest absolute Gasteiger partial charge is 0.458 e. The standard InChI is InChI=1S/C25H39FN2O6/c1-24(2,3)34-23(31)28(6)21(14-25(4,5)26)22(30)33-20(16-29)13-19-8-7-18(15-27-19)17-9-11-32-12-10-17/h7-8,15,17,20-21,29H,9-14,16H2,1-6H3. The molecule has 192 valence electrons. The van der Waals surface area contributed by atoms with E-state index in [1.54, 1.807) is 20.8 Å². The van der Waals surface area contributed by atoms with Crippen LogP contribution in [0.3, 0.4) is 0 Å². The van der Waals surface area contributed by atoms with Gasteiger partial charge in [-0.25, -0.2) is 14.0 Å². The maximum atomic E-state index is 14.5. The number of halogens is 1. The minimum absolute atomic E-state index is 0.193. The molecule has 1 saturated heterocycles. The third-order valence-electron chi connectivity index (χ3n) is 5.56. The summed E-state index contributed by atoms with van der Waals surface area (Å²) in [5.41, 5.74) is -0.725. The third kappa shape index (κ3) is 9.18. The Balaban J connectivity index is 2.06. The number of likely N-dealkylation sites (N-methyl/N-ethyl adjacent to an activating group) is 1. The van der Waals surface area contributed by atoms with Gasteiger partial charge >= 0.3 is 12.1 Å². The maximum absolute atomic E-state index is 14.5. The number of aliphatic hydroxyl groups is 1. The minimum atomic E-state index is -1.74. The maximum Gasteiger partial charge on any atom is 0.410 e. The van der Waals surface area contributed by atoms with Crippen molar-refractivity contribution in [3.8, 4) is 0 Å². The second-order valence-electron chi connectivity index (χ2n) is 10.4. The van der Waals surface area contributed by atoms with Crippen LogP contribution in [0.1, 0.15) is 71.1 Å². The summed E-state index contributed by atoms with van der Waals surface area (Å²) in [7, 11) is 1.37. The second-order valence-corrected chi connectivity index (χ2v) is 10.4. The number of esters is 1. The average molecular weight is 483 g/mol. The lowest BCUT2D eigenvalue weighted by molar-refractivity contribution is -0.158. The SMILES string of the molecule is CN(C(=O)OC(C)(C)C)C(CC(C)(C)F)C(=O)OC(CO)Cc1ccc(C2CCOCC2)cn1. The molecule has 0 radical (unpaired) electrons. The van der Waals surface area contributed by atoms with Gasteiger partial charge in [-0.05, 0) is 65.0 Å². The average Bonchev–Trinajstić information content (AvgIpc) is 2.75. The van der Waals surface area contributed by atoms with E-state index in [1.807, 2.05) is 18.3 Å². The Kier molecular flexibility index (Phi) is 9.82. The number of hydrogen-bond donors (Lipinski definition) is 1. The van der Waals surface area contributed by atoms with Gasteiger partial charge < -0.3 is 19.3 Å². The highest BCUT2D eigenvalue weighted by Crippen LogP contribution is 2.26. The number of aliphatic hydroxyl groups excluding tert-OH is 1. The van der Waals surface area contributed by atoms with E-state index in [9.17, 15) is 19.1 Å². The summed E-state index contributed by atoms with van der Waals surface area (Å²) in [5, 5.41) is 9.81. The predicted octanol–water partition coefficient (Wildman–Crippen LogP) is 3.80. The number of amides is 1. The second kappa shape index (κ2) is 11.9. The summed E-state index contributed by atoms with van der Waals surface area (Å²) in [6.07, 6.45) is 1.99. The van der Waals surface area contributed by atoms with E-state index in [1.165, 1.54) is 20.9 Å². The van der Waals surface area contributed by atoms with Crippen LogP contribution in [-0.4, -0.2) is 77.3 Å². The van der Waals surface area contributed by atoms with Crippen molar-refractivity contribution in [2.45, 2.75) is 89.6 Å². The Morgan fingerprint density at radius 2 is 1.88 bits per heavy atom. The molecule has 2 heterocycles. The molecule has 1 aliphatic heterocycles. The van der Waals surface area contributed by atoms with Crippen LogP contribution in [0.5, 0.6) is 0 Å². The van der Waals surface area contributed by atoms with E-state index in [-0.39, 0.29) is 12.8 Å². The number of alkyl halides is 1. The monoisotopic (exact) mass is 482 g/mol. The van der Waals surface area contributed by atoms with Gasteiger partial charge in [-0.3, -0.25) is 9.88 Å². The van der Waals surface area contributed by atoms with Crippen molar-refractivity contribution in [3.63, 3.8) is 0 Å². The summed E-state index contributed by atoms with van der Waals surface area (Å²) in [6.45, 7) is 8.80. The molecule has 0 bridgehead atoms. The zero-order valence-corrected chi connectivity index (χ0v) is 21.2. The number of aromatic nitrogens is 1. The molecule has 2 atom stereocenters. The van der Waals surface area contributed by atoms with E-state index >= 15 is 0 Å². The number of ether oxygens (including phenoxy) is 3. The van der Waals surface area contributed by atoms with Crippen molar-refractivity contribution in [3.05, 3.63) is 29.6 Å². The number of hydrogen-bond acceptors (Lipinski definition) is 7. The molecule has 0 aliphatic carbocycles. The van der Waals surface area contributed by atoms with Crippen molar-refractivity contribution in [2.24, 2.45) is 0 Å². The number of pyridine rings is 1. The minimum Gasteiger partial charge on any atom is -0.458 e. The van der Waals surface area contributed by atoms with E-state index < -0.39 is 42.1 Å². The summed E-state index contributed by atoms with van der Waals surface area (Å²) in [4.78, 5) is 31.0. The molecule has 2 unspecified atom stereocenters. The van der Waals surface area contributed by atoms with Gasteiger partial charge in [0.05, 0.1) is 6.61 Å². The molecule has 0 aromatic carbocycles. The van der Waals surface area contributed by atoms with Crippen molar-refractivity contribution in [2.75, 3.05) is 26.9 Å². The van der Waals surface area contributed by atoms with E-state index in [0.29, 0.717) is 11.6 Å². The molecular formula is C25H39FN2O6. The van der Waals surface area contributed by atoms with Crippen molar-refractivity contribution in [1.82, 2.24) is 9.88 Å². The van der Waals surface area contributed by atoms with Crippen LogP contribution in [-0.2, 0) is 25.4 Å². The molecule has 0 saturated carbocycles. The highest BCUT2D eigenvalue weighted by Gasteiger charge is 2.37. The molecular weight excluding hydrogens is 443 g/mol. The van der Waals surface area contributed by atoms with Crippen LogP contribution < -0.4 is 0 Å². The van der Waals surface area contributed by atoms with Crippen LogP contribution in [0.2, 0.25) is 0 Å². The van der Waals surface area contributed by atoms with Crippen molar-refractivity contribution >= 4 is 12.1 Å². The fourth-order valence-electron chi connectivity index (χ4n) is 3.75. The molecule has 1 aromatic rings. The lowest BCUT2D eigenvalue weighted by atomic mass is 9.93. The molecule has 1 aliphatic rings. The molecule has 1 aromatic heterocycles. The van der Waals surface area contributed by atoms with Gasteiger partial charge in [0.25, 0.3) is 0 Å². The molecule has 8 nitrogen and oxygen atoms in total. The Morgan fingerprint density at radius 1 is 1.24 bits per heavy atom. The first kappa shape index (κ1) is 28.0. The first-order valence-electron chi connectivity index (χ1n) is 11.8. The van der Waals surface area contributed by atoms with E-state index in [0.717, 1.165) is 36.5 Å². The molecule has 2 rings (SSSR count). The lowest BCUT2D eigenvalue weighted by Crippen LogP contribution is -2.49. The van der Waals surface area contributed by atoms with Crippen LogP contribution in [0.4, 0.5) is 9.18 Å². The lowest BCUT2D eigenvalue weighted by Gasteiger charge is -2.32. The quantitative estimate of drug-likeness (QED) is 0.535. The van der Waals surface area contributed by atoms with Gasteiger partial charge in [0.15, 0.2) is 0 Å². The molecule has 1 amide bonds. The van der Waals surface area contributed by atoms with Crippen molar-refractivity contribution < 1.29 is 33.3 Å². The Hall–Kier alpha value is -2.26. The smallest absolute Gasteiger partial charge is 0.410 e.